The molecule has 2 aliphatic rings. The molecule has 0 radical (unpaired) electrons. The number of thiophene rings is 1. The second kappa shape index (κ2) is 7.96. The molecule has 1 saturated carbocycles. The Morgan fingerprint density at radius 1 is 1.32 bits per heavy atom. The van der Waals surface area contributed by atoms with Crippen molar-refractivity contribution < 1.29 is 9.47 Å². The molecule has 2 fully saturated rings. The van der Waals surface area contributed by atoms with E-state index in [0.29, 0.717) is 24.7 Å². The van der Waals surface area contributed by atoms with Crippen LogP contribution in [0.3, 0.4) is 0 Å². The minimum atomic E-state index is 0.323. The largest absolute Gasteiger partial charge is 0.376 e. The summed E-state index contributed by atoms with van der Waals surface area (Å²) in [6.45, 7) is 6.54. The van der Waals surface area contributed by atoms with Crippen LogP contribution in [0, 0.1) is 12.8 Å². The monoisotopic (exact) mass is 358 g/mol. The van der Waals surface area contributed by atoms with Crippen LogP contribution < -0.4 is 0 Å². The van der Waals surface area contributed by atoms with Gasteiger partial charge in [0.25, 0.3) is 0 Å². The lowest BCUT2D eigenvalue weighted by Gasteiger charge is -2.39. The molecular formula is C20H26N2O2S. The van der Waals surface area contributed by atoms with Crippen LogP contribution >= 0.6 is 11.3 Å². The van der Waals surface area contributed by atoms with Gasteiger partial charge in [0, 0.05) is 47.2 Å². The van der Waals surface area contributed by atoms with E-state index in [0.717, 1.165) is 31.9 Å². The first-order valence-corrected chi connectivity index (χ1v) is 9.99. The molecule has 25 heavy (non-hydrogen) atoms. The molecule has 0 unspecified atom stereocenters. The van der Waals surface area contributed by atoms with Gasteiger partial charge in [0.15, 0.2) is 0 Å². The Bertz CT molecular complexity index is 675. The highest BCUT2D eigenvalue weighted by atomic mass is 32.1. The van der Waals surface area contributed by atoms with Crippen molar-refractivity contribution in [1.82, 2.24) is 9.88 Å². The van der Waals surface area contributed by atoms with Crippen LogP contribution in [0.25, 0.3) is 0 Å². The van der Waals surface area contributed by atoms with E-state index in [9.17, 15) is 0 Å². The molecule has 1 aliphatic heterocycles. The predicted molar refractivity (Wildman–Crippen MR) is 99.6 cm³/mol. The molecule has 3 atom stereocenters. The molecule has 0 spiro atoms. The van der Waals surface area contributed by atoms with E-state index in [-0.39, 0.29) is 0 Å². The lowest BCUT2D eigenvalue weighted by Crippen LogP contribution is -2.50. The summed E-state index contributed by atoms with van der Waals surface area (Å²) >= 11 is 1.91. The van der Waals surface area contributed by atoms with Crippen LogP contribution in [0.15, 0.2) is 36.7 Å². The zero-order valence-electron chi connectivity index (χ0n) is 14.8. The molecule has 0 aromatic carbocycles. The molecule has 2 aromatic rings. The summed E-state index contributed by atoms with van der Waals surface area (Å²) in [5, 5.41) is 0. The lowest BCUT2D eigenvalue weighted by molar-refractivity contribution is -0.0889. The van der Waals surface area contributed by atoms with Crippen molar-refractivity contribution in [3.8, 4) is 0 Å². The second-order valence-corrected chi connectivity index (χ2v) is 8.47. The number of hydrogen-bond acceptors (Lipinski definition) is 5. The minimum absolute atomic E-state index is 0.323. The molecule has 3 heterocycles. The third kappa shape index (κ3) is 4.11. The molecule has 1 aliphatic carbocycles. The summed E-state index contributed by atoms with van der Waals surface area (Å²) in [4.78, 5) is 9.63. The van der Waals surface area contributed by atoms with E-state index in [2.05, 4.69) is 35.0 Å². The summed E-state index contributed by atoms with van der Waals surface area (Å²) in [5.74, 6) is 0.509. The van der Waals surface area contributed by atoms with Crippen molar-refractivity contribution in [3.63, 3.8) is 0 Å². The van der Waals surface area contributed by atoms with Crippen LogP contribution in [-0.2, 0) is 22.6 Å². The molecule has 4 rings (SSSR count). The van der Waals surface area contributed by atoms with Gasteiger partial charge in [-0.25, -0.2) is 0 Å². The normalized spacial score (nSPS) is 26.7. The van der Waals surface area contributed by atoms with Gasteiger partial charge in [-0.1, -0.05) is 6.07 Å². The standard InChI is InChI=1S/C20H26N2O2S/c1-15-4-6-18(25-15)12-22-9-10-24-20-17(5-7-19(20)22)14-23-13-16-3-2-8-21-11-16/h2-4,6,8,11,17,19-20H,5,7,9-10,12-14H2,1H3/t17-,19+,20-/m1/s1. The Kier molecular flexibility index (Phi) is 5.46. The Labute approximate surface area is 153 Å². The van der Waals surface area contributed by atoms with Gasteiger partial charge in [-0.15, -0.1) is 11.3 Å². The maximum Gasteiger partial charge on any atom is 0.0781 e. The molecule has 1 saturated heterocycles. The van der Waals surface area contributed by atoms with Crippen molar-refractivity contribution in [1.29, 1.82) is 0 Å². The highest BCUT2D eigenvalue weighted by molar-refractivity contribution is 7.11. The highest BCUT2D eigenvalue weighted by Gasteiger charge is 2.42. The molecule has 2 aromatic heterocycles. The minimum Gasteiger partial charge on any atom is -0.376 e. The third-order valence-corrected chi connectivity index (χ3v) is 6.30. The maximum atomic E-state index is 6.16. The fraction of sp³-hybridized carbons (Fsp3) is 0.550. The van der Waals surface area contributed by atoms with Crippen LogP contribution in [0.1, 0.15) is 28.2 Å². The van der Waals surface area contributed by atoms with Crippen molar-refractivity contribution in [2.45, 2.75) is 45.1 Å². The molecule has 0 N–H and O–H groups in total. The van der Waals surface area contributed by atoms with E-state index < -0.39 is 0 Å². The van der Waals surface area contributed by atoms with E-state index in [1.165, 1.54) is 22.6 Å². The van der Waals surface area contributed by atoms with Crippen molar-refractivity contribution in [3.05, 3.63) is 52.0 Å². The smallest absolute Gasteiger partial charge is 0.0781 e. The predicted octanol–water partition coefficient (Wildman–Crippen LogP) is 3.65. The summed E-state index contributed by atoms with van der Waals surface area (Å²) in [6.07, 6.45) is 6.41. The number of ether oxygens (including phenoxy) is 2. The number of fused-ring (bicyclic) bond motifs is 1. The van der Waals surface area contributed by atoms with E-state index >= 15 is 0 Å². The van der Waals surface area contributed by atoms with Gasteiger partial charge in [0.2, 0.25) is 0 Å². The number of aromatic nitrogens is 1. The quantitative estimate of drug-likeness (QED) is 0.789. The number of hydrogen-bond donors (Lipinski definition) is 0. The summed E-state index contributed by atoms with van der Waals surface area (Å²) in [7, 11) is 0. The van der Waals surface area contributed by atoms with Gasteiger partial charge < -0.3 is 9.47 Å². The Balaban J connectivity index is 1.31. The van der Waals surface area contributed by atoms with Gasteiger partial charge in [0.1, 0.15) is 0 Å². The van der Waals surface area contributed by atoms with Crippen LogP contribution in [0.2, 0.25) is 0 Å². The van der Waals surface area contributed by atoms with Gasteiger partial charge in [-0.05, 0) is 43.5 Å². The van der Waals surface area contributed by atoms with E-state index in [1.807, 2.05) is 23.6 Å². The fourth-order valence-corrected chi connectivity index (χ4v) is 5.01. The zero-order valence-corrected chi connectivity index (χ0v) is 15.6. The summed E-state index contributed by atoms with van der Waals surface area (Å²) in [6, 6.07) is 9.06. The fourth-order valence-electron chi connectivity index (χ4n) is 4.09. The number of nitrogens with zero attached hydrogens (tertiary/aromatic N) is 2. The Morgan fingerprint density at radius 3 is 3.08 bits per heavy atom. The maximum absolute atomic E-state index is 6.16. The first-order chi connectivity index (χ1) is 12.3. The average molecular weight is 359 g/mol. The van der Waals surface area contributed by atoms with Crippen LogP contribution in [-0.4, -0.2) is 41.8 Å². The van der Waals surface area contributed by atoms with Gasteiger partial charge in [-0.3, -0.25) is 9.88 Å². The molecule has 0 amide bonds. The highest BCUT2D eigenvalue weighted by Crippen LogP contribution is 2.36. The van der Waals surface area contributed by atoms with E-state index in [4.69, 9.17) is 9.47 Å². The summed E-state index contributed by atoms with van der Waals surface area (Å²) in [5.41, 5.74) is 1.14. The van der Waals surface area contributed by atoms with Crippen LogP contribution in [0.5, 0.6) is 0 Å². The van der Waals surface area contributed by atoms with Gasteiger partial charge in [-0.2, -0.15) is 0 Å². The number of rotatable bonds is 6. The average Bonchev–Trinajstić information content (AvgIpc) is 3.23. The molecule has 5 heteroatoms. The molecule has 4 nitrogen and oxygen atoms in total. The Hall–Kier alpha value is -1.27. The molecule has 0 bridgehead atoms. The lowest BCUT2D eigenvalue weighted by atomic mass is 10.0. The second-order valence-electron chi connectivity index (χ2n) is 7.10. The summed E-state index contributed by atoms with van der Waals surface area (Å²) < 4.78 is 12.1. The van der Waals surface area contributed by atoms with Crippen molar-refractivity contribution >= 4 is 11.3 Å². The van der Waals surface area contributed by atoms with Crippen molar-refractivity contribution in [2.24, 2.45) is 5.92 Å². The topological polar surface area (TPSA) is 34.6 Å². The first-order valence-electron chi connectivity index (χ1n) is 9.17. The number of pyridine rings is 1. The molecule has 134 valence electrons. The SMILES string of the molecule is Cc1ccc(CN2CCO[C@@H]3[C@@H](COCc4cccnc4)CC[C@@H]32)s1. The molecular weight excluding hydrogens is 332 g/mol. The van der Waals surface area contributed by atoms with Crippen LogP contribution in [0.4, 0.5) is 0 Å². The number of morpholine rings is 1. The van der Waals surface area contributed by atoms with E-state index in [1.54, 1.807) is 6.20 Å². The van der Waals surface area contributed by atoms with Gasteiger partial charge in [0.05, 0.1) is 25.9 Å². The first kappa shape index (κ1) is 17.2. The third-order valence-electron chi connectivity index (χ3n) is 5.31. The van der Waals surface area contributed by atoms with Crippen molar-refractivity contribution in [2.75, 3.05) is 19.8 Å². The zero-order chi connectivity index (χ0) is 17.1. The Morgan fingerprint density at radius 2 is 2.28 bits per heavy atom. The number of aryl methyl sites for hydroxylation is 1. The van der Waals surface area contributed by atoms with Gasteiger partial charge >= 0.3 is 0 Å².